The molecule has 1 aliphatic heterocycles. The van der Waals surface area contributed by atoms with Gasteiger partial charge in [-0.2, -0.15) is 0 Å². The summed E-state index contributed by atoms with van der Waals surface area (Å²) in [5.74, 6) is 0.478. The summed E-state index contributed by atoms with van der Waals surface area (Å²) >= 11 is 0. The number of guanidine groups is 1. The van der Waals surface area contributed by atoms with Crippen molar-refractivity contribution in [3.05, 3.63) is 66.0 Å². The van der Waals surface area contributed by atoms with Crippen LogP contribution in [0.5, 0.6) is 0 Å². The first-order valence-electron chi connectivity index (χ1n) is 8.77. The number of benzene rings is 2. The number of likely N-dealkylation sites (tertiary alicyclic amines) is 1. The lowest BCUT2D eigenvalue weighted by molar-refractivity contribution is 0.186. The van der Waals surface area contributed by atoms with E-state index in [0.717, 1.165) is 37.6 Å². The first-order chi connectivity index (χ1) is 12.2. The van der Waals surface area contributed by atoms with Gasteiger partial charge in [0.15, 0.2) is 5.96 Å². The lowest BCUT2D eigenvalue weighted by Gasteiger charge is -2.30. The van der Waals surface area contributed by atoms with E-state index in [1.165, 1.54) is 18.6 Å². The zero-order valence-electron chi connectivity index (χ0n) is 14.2. The number of anilines is 1. The number of aliphatic imine (C=N–C) groups is 1. The minimum atomic E-state index is -0.752. The summed E-state index contributed by atoms with van der Waals surface area (Å²) in [7, 11) is 0. The van der Waals surface area contributed by atoms with Gasteiger partial charge in [0.05, 0.1) is 12.6 Å². The predicted molar refractivity (Wildman–Crippen MR) is 99.2 cm³/mol. The normalized spacial score (nSPS) is 16.6. The third-order valence-corrected chi connectivity index (χ3v) is 4.35. The van der Waals surface area contributed by atoms with E-state index in [-0.39, 0.29) is 12.4 Å². The first-order valence-corrected chi connectivity index (χ1v) is 8.77. The number of nitrogens with zero attached hydrogens (tertiary/aromatic N) is 2. The van der Waals surface area contributed by atoms with Crippen LogP contribution in [-0.2, 0) is 0 Å². The van der Waals surface area contributed by atoms with Crippen molar-refractivity contribution in [2.45, 2.75) is 25.4 Å². The molecular formula is C20H24FN3O. The molecule has 1 fully saturated rings. The highest BCUT2D eigenvalue weighted by atomic mass is 19.1. The van der Waals surface area contributed by atoms with Gasteiger partial charge in [0.2, 0.25) is 0 Å². The van der Waals surface area contributed by atoms with E-state index in [4.69, 9.17) is 0 Å². The minimum Gasteiger partial charge on any atom is -0.386 e. The second-order valence-electron chi connectivity index (χ2n) is 6.27. The molecule has 1 unspecified atom stereocenters. The Labute approximate surface area is 148 Å². The largest absolute Gasteiger partial charge is 0.386 e. The predicted octanol–water partition coefficient (Wildman–Crippen LogP) is 3.81. The van der Waals surface area contributed by atoms with Crippen molar-refractivity contribution in [1.82, 2.24) is 4.90 Å². The lowest BCUT2D eigenvalue weighted by atomic mass is 10.1. The Morgan fingerprint density at radius 3 is 2.40 bits per heavy atom. The Hall–Kier alpha value is -2.40. The topological polar surface area (TPSA) is 47.9 Å². The molecular weight excluding hydrogens is 317 g/mol. The number of aliphatic hydroxyl groups excluding tert-OH is 1. The average molecular weight is 341 g/mol. The Morgan fingerprint density at radius 2 is 1.72 bits per heavy atom. The summed E-state index contributed by atoms with van der Waals surface area (Å²) in [6.07, 6.45) is 2.79. The van der Waals surface area contributed by atoms with Crippen LogP contribution < -0.4 is 5.32 Å². The highest BCUT2D eigenvalue weighted by Crippen LogP contribution is 2.16. The number of piperidine rings is 1. The second kappa shape index (κ2) is 8.62. The highest BCUT2D eigenvalue weighted by molar-refractivity contribution is 5.93. The summed E-state index contributed by atoms with van der Waals surface area (Å²) in [4.78, 5) is 6.86. The van der Waals surface area contributed by atoms with E-state index in [9.17, 15) is 9.50 Å². The molecule has 0 saturated carbocycles. The molecule has 0 amide bonds. The van der Waals surface area contributed by atoms with Gasteiger partial charge in [-0.3, -0.25) is 0 Å². The van der Waals surface area contributed by atoms with Gasteiger partial charge in [0.1, 0.15) is 5.82 Å². The Balaban J connectivity index is 1.72. The molecule has 0 aromatic heterocycles. The Morgan fingerprint density at radius 1 is 1.04 bits per heavy atom. The zero-order valence-corrected chi connectivity index (χ0v) is 14.2. The Bertz CT molecular complexity index is 682. The molecule has 25 heavy (non-hydrogen) atoms. The van der Waals surface area contributed by atoms with Crippen molar-refractivity contribution < 1.29 is 9.50 Å². The van der Waals surface area contributed by atoms with Crippen LogP contribution in [0.4, 0.5) is 10.1 Å². The molecule has 4 nitrogen and oxygen atoms in total. The van der Waals surface area contributed by atoms with Crippen LogP contribution in [0, 0.1) is 5.82 Å². The van der Waals surface area contributed by atoms with Crippen molar-refractivity contribution in [2.24, 2.45) is 4.99 Å². The molecule has 1 aliphatic rings. The minimum absolute atomic E-state index is 0.233. The fourth-order valence-corrected chi connectivity index (χ4v) is 2.94. The smallest absolute Gasteiger partial charge is 0.198 e. The van der Waals surface area contributed by atoms with Gasteiger partial charge in [0, 0.05) is 18.8 Å². The summed E-state index contributed by atoms with van der Waals surface area (Å²) in [5.41, 5.74) is 1.64. The van der Waals surface area contributed by atoms with Crippen molar-refractivity contribution in [1.29, 1.82) is 0 Å². The quantitative estimate of drug-likeness (QED) is 0.657. The van der Waals surface area contributed by atoms with Crippen LogP contribution in [0.15, 0.2) is 59.6 Å². The van der Waals surface area contributed by atoms with Crippen LogP contribution in [0.2, 0.25) is 0 Å². The first kappa shape index (κ1) is 17.4. The van der Waals surface area contributed by atoms with Crippen LogP contribution in [0.3, 0.4) is 0 Å². The highest BCUT2D eigenvalue weighted by Gasteiger charge is 2.16. The maximum atomic E-state index is 13.0. The number of halogens is 1. The average Bonchev–Trinajstić information content (AvgIpc) is 2.67. The van der Waals surface area contributed by atoms with Gasteiger partial charge in [0.25, 0.3) is 0 Å². The van der Waals surface area contributed by atoms with Gasteiger partial charge < -0.3 is 15.3 Å². The molecule has 5 heteroatoms. The van der Waals surface area contributed by atoms with E-state index in [1.807, 2.05) is 30.3 Å². The van der Waals surface area contributed by atoms with Crippen LogP contribution in [-0.4, -0.2) is 35.6 Å². The molecule has 0 spiro atoms. The maximum absolute atomic E-state index is 13.0. The van der Waals surface area contributed by atoms with E-state index in [0.29, 0.717) is 5.56 Å². The number of hydrogen-bond acceptors (Lipinski definition) is 2. The van der Waals surface area contributed by atoms with E-state index < -0.39 is 6.10 Å². The van der Waals surface area contributed by atoms with E-state index >= 15 is 0 Å². The second-order valence-corrected chi connectivity index (χ2v) is 6.27. The van der Waals surface area contributed by atoms with Crippen molar-refractivity contribution in [3.63, 3.8) is 0 Å². The molecule has 1 atom stereocenters. The lowest BCUT2D eigenvalue weighted by Crippen LogP contribution is -2.40. The van der Waals surface area contributed by atoms with Crippen molar-refractivity contribution >= 4 is 11.6 Å². The molecule has 1 saturated heterocycles. The fourth-order valence-electron chi connectivity index (χ4n) is 2.94. The molecule has 2 N–H and O–H groups in total. The summed E-state index contributed by atoms with van der Waals surface area (Å²) < 4.78 is 13.0. The molecule has 0 aliphatic carbocycles. The molecule has 0 radical (unpaired) electrons. The number of para-hydroxylation sites is 1. The van der Waals surface area contributed by atoms with Gasteiger partial charge in [-0.15, -0.1) is 0 Å². The van der Waals surface area contributed by atoms with Gasteiger partial charge in [-0.1, -0.05) is 30.3 Å². The molecule has 0 bridgehead atoms. The number of hydrogen-bond donors (Lipinski definition) is 2. The summed E-state index contributed by atoms with van der Waals surface area (Å²) in [6.45, 7) is 2.16. The SMILES string of the molecule is OC(CN=C(Nc1ccccc1)N1CCCCC1)c1ccc(F)cc1. The van der Waals surface area contributed by atoms with Crippen LogP contribution in [0.1, 0.15) is 30.9 Å². The fraction of sp³-hybridized carbons (Fsp3) is 0.350. The Kier molecular flexibility index (Phi) is 6.01. The van der Waals surface area contributed by atoms with Crippen LogP contribution >= 0.6 is 0 Å². The van der Waals surface area contributed by atoms with Gasteiger partial charge >= 0.3 is 0 Å². The maximum Gasteiger partial charge on any atom is 0.198 e. The molecule has 132 valence electrons. The van der Waals surface area contributed by atoms with Gasteiger partial charge in [-0.05, 0) is 49.1 Å². The molecule has 2 aromatic rings. The third-order valence-electron chi connectivity index (χ3n) is 4.35. The number of rotatable bonds is 4. The van der Waals surface area contributed by atoms with E-state index in [1.54, 1.807) is 12.1 Å². The third kappa shape index (κ3) is 5.03. The molecule has 1 heterocycles. The van der Waals surface area contributed by atoms with Gasteiger partial charge in [-0.25, -0.2) is 9.38 Å². The summed E-state index contributed by atoms with van der Waals surface area (Å²) in [6, 6.07) is 15.8. The summed E-state index contributed by atoms with van der Waals surface area (Å²) in [5, 5.41) is 13.7. The number of aliphatic hydroxyl groups is 1. The standard InChI is InChI=1S/C20H24FN3O/c21-17-11-9-16(10-12-17)19(25)15-22-20(24-13-5-2-6-14-24)23-18-7-3-1-4-8-18/h1,3-4,7-12,19,25H,2,5-6,13-15H2,(H,22,23). The van der Waals surface area contributed by atoms with Crippen LogP contribution in [0.25, 0.3) is 0 Å². The molecule has 3 rings (SSSR count). The number of nitrogens with one attached hydrogen (secondary N) is 1. The zero-order chi connectivity index (χ0) is 17.5. The molecule has 2 aromatic carbocycles. The van der Waals surface area contributed by atoms with Crippen molar-refractivity contribution in [3.8, 4) is 0 Å². The monoisotopic (exact) mass is 341 g/mol. The van der Waals surface area contributed by atoms with E-state index in [2.05, 4.69) is 15.2 Å². The van der Waals surface area contributed by atoms with Crippen molar-refractivity contribution in [2.75, 3.05) is 25.0 Å².